The maximum absolute atomic E-state index is 6.09. The molecular formula is C18H22ClN. The van der Waals surface area contributed by atoms with Gasteiger partial charge >= 0.3 is 0 Å². The summed E-state index contributed by atoms with van der Waals surface area (Å²) >= 11 is 6.09. The van der Waals surface area contributed by atoms with E-state index in [0.717, 1.165) is 5.02 Å². The van der Waals surface area contributed by atoms with Crippen LogP contribution in [0.2, 0.25) is 5.02 Å². The van der Waals surface area contributed by atoms with E-state index < -0.39 is 0 Å². The molecule has 2 heteroatoms. The molecule has 0 fully saturated rings. The lowest BCUT2D eigenvalue weighted by Crippen LogP contribution is -2.17. The van der Waals surface area contributed by atoms with Gasteiger partial charge < -0.3 is 5.32 Å². The SMILES string of the molecule is CCC(C)c1ccc(C(NC)c2cccc(Cl)c2)cc1. The molecule has 2 rings (SSSR count). The van der Waals surface area contributed by atoms with Gasteiger partial charge in [0, 0.05) is 5.02 Å². The summed E-state index contributed by atoms with van der Waals surface area (Å²) in [5.74, 6) is 0.614. The van der Waals surface area contributed by atoms with Gasteiger partial charge in [-0.25, -0.2) is 0 Å². The Kier molecular flexibility index (Phi) is 5.22. The Balaban J connectivity index is 2.28. The molecule has 0 saturated carbocycles. The topological polar surface area (TPSA) is 12.0 Å². The Bertz CT molecular complexity index is 548. The third-order valence-corrected chi connectivity index (χ3v) is 4.16. The molecule has 0 amide bonds. The first-order chi connectivity index (χ1) is 9.65. The van der Waals surface area contributed by atoms with Crippen molar-refractivity contribution in [2.45, 2.75) is 32.2 Å². The van der Waals surface area contributed by atoms with Crippen molar-refractivity contribution in [3.63, 3.8) is 0 Å². The van der Waals surface area contributed by atoms with Gasteiger partial charge in [-0.05, 0) is 48.2 Å². The summed E-state index contributed by atoms with van der Waals surface area (Å²) in [6.45, 7) is 4.49. The number of hydrogen-bond acceptors (Lipinski definition) is 1. The molecule has 2 aromatic rings. The monoisotopic (exact) mass is 287 g/mol. The van der Waals surface area contributed by atoms with Crippen LogP contribution < -0.4 is 5.32 Å². The average molecular weight is 288 g/mol. The van der Waals surface area contributed by atoms with Gasteiger partial charge in [-0.15, -0.1) is 0 Å². The highest BCUT2D eigenvalue weighted by atomic mass is 35.5. The minimum absolute atomic E-state index is 0.180. The van der Waals surface area contributed by atoms with Crippen LogP contribution in [0.25, 0.3) is 0 Å². The van der Waals surface area contributed by atoms with E-state index in [9.17, 15) is 0 Å². The molecule has 20 heavy (non-hydrogen) atoms. The van der Waals surface area contributed by atoms with E-state index in [4.69, 9.17) is 11.6 Å². The number of benzene rings is 2. The van der Waals surface area contributed by atoms with Crippen molar-refractivity contribution in [3.05, 3.63) is 70.2 Å². The highest BCUT2D eigenvalue weighted by molar-refractivity contribution is 6.30. The van der Waals surface area contributed by atoms with Gasteiger partial charge in [-0.1, -0.05) is 61.8 Å². The molecule has 0 radical (unpaired) electrons. The maximum atomic E-state index is 6.09. The second-order valence-corrected chi connectivity index (χ2v) is 5.69. The third kappa shape index (κ3) is 3.41. The molecule has 2 aromatic carbocycles. The van der Waals surface area contributed by atoms with E-state index in [1.54, 1.807) is 0 Å². The minimum Gasteiger partial charge on any atom is -0.309 e. The zero-order valence-corrected chi connectivity index (χ0v) is 13.1. The smallest absolute Gasteiger partial charge is 0.0574 e. The predicted molar refractivity (Wildman–Crippen MR) is 87.5 cm³/mol. The summed E-state index contributed by atoms with van der Waals surface area (Å²) in [6, 6.07) is 17.1. The van der Waals surface area contributed by atoms with Crippen LogP contribution in [0.15, 0.2) is 48.5 Å². The Morgan fingerprint density at radius 3 is 2.20 bits per heavy atom. The van der Waals surface area contributed by atoms with Crippen LogP contribution in [0.3, 0.4) is 0 Å². The van der Waals surface area contributed by atoms with Gasteiger partial charge in [0.25, 0.3) is 0 Å². The zero-order valence-electron chi connectivity index (χ0n) is 12.4. The molecular weight excluding hydrogens is 266 g/mol. The van der Waals surface area contributed by atoms with Gasteiger partial charge in [0.05, 0.1) is 6.04 Å². The van der Waals surface area contributed by atoms with Gasteiger partial charge in [0.1, 0.15) is 0 Å². The fraction of sp³-hybridized carbons (Fsp3) is 0.333. The summed E-state index contributed by atoms with van der Waals surface area (Å²) in [7, 11) is 1.98. The molecule has 0 aliphatic rings. The molecule has 2 unspecified atom stereocenters. The lowest BCUT2D eigenvalue weighted by Gasteiger charge is -2.18. The van der Waals surface area contributed by atoms with Crippen LogP contribution in [0, 0.1) is 0 Å². The molecule has 106 valence electrons. The van der Waals surface area contributed by atoms with Gasteiger partial charge in [-0.2, -0.15) is 0 Å². The molecule has 0 saturated heterocycles. The summed E-state index contributed by atoms with van der Waals surface area (Å²) < 4.78 is 0. The summed E-state index contributed by atoms with van der Waals surface area (Å²) in [6.07, 6.45) is 1.17. The maximum Gasteiger partial charge on any atom is 0.0574 e. The Labute approximate surface area is 127 Å². The van der Waals surface area contributed by atoms with Crippen LogP contribution in [0.5, 0.6) is 0 Å². The van der Waals surface area contributed by atoms with Gasteiger partial charge in [0.15, 0.2) is 0 Å². The molecule has 2 atom stereocenters. The molecule has 1 nitrogen and oxygen atoms in total. The average Bonchev–Trinajstić information content (AvgIpc) is 2.48. The predicted octanol–water partition coefficient (Wildman–Crippen LogP) is 5.16. The van der Waals surface area contributed by atoms with E-state index in [-0.39, 0.29) is 6.04 Å². The van der Waals surface area contributed by atoms with Crippen LogP contribution in [0.1, 0.15) is 48.9 Å². The molecule has 0 heterocycles. The second kappa shape index (κ2) is 6.92. The zero-order chi connectivity index (χ0) is 14.5. The molecule has 0 spiro atoms. The first kappa shape index (κ1) is 15.1. The number of hydrogen-bond donors (Lipinski definition) is 1. The summed E-state index contributed by atoms with van der Waals surface area (Å²) in [5.41, 5.74) is 3.86. The van der Waals surface area contributed by atoms with Crippen molar-refractivity contribution < 1.29 is 0 Å². The van der Waals surface area contributed by atoms with E-state index in [1.807, 2.05) is 25.2 Å². The van der Waals surface area contributed by atoms with Crippen molar-refractivity contribution in [2.24, 2.45) is 0 Å². The standard InChI is InChI=1S/C18H22ClN/c1-4-13(2)14-8-10-15(11-9-14)18(20-3)16-6-5-7-17(19)12-16/h5-13,18,20H,4H2,1-3H3. The molecule has 0 bridgehead atoms. The largest absolute Gasteiger partial charge is 0.309 e. The lowest BCUT2D eigenvalue weighted by atomic mass is 9.94. The third-order valence-electron chi connectivity index (χ3n) is 3.92. The number of rotatable bonds is 5. The van der Waals surface area contributed by atoms with Crippen LogP contribution in [-0.2, 0) is 0 Å². The normalized spacial score (nSPS) is 14.0. The van der Waals surface area contributed by atoms with Crippen LogP contribution in [-0.4, -0.2) is 7.05 Å². The summed E-state index contributed by atoms with van der Waals surface area (Å²) in [4.78, 5) is 0. The van der Waals surface area contributed by atoms with Crippen molar-refractivity contribution in [1.29, 1.82) is 0 Å². The molecule has 0 aliphatic heterocycles. The Morgan fingerprint density at radius 2 is 1.65 bits per heavy atom. The first-order valence-corrected chi connectivity index (χ1v) is 7.56. The quantitative estimate of drug-likeness (QED) is 0.801. The van der Waals surface area contributed by atoms with Gasteiger partial charge in [0.2, 0.25) is 0 Å². The number of nitrogens with one attached hydrogen (secondary N) is 1. The second-order valence-electron chi connectivity index (χ2n) is 5.25. The highest BCUT2D eigenvalue weighted by Crippen LogP contribution is 2.26. The van der Waals surface area contributed by atoms with Crippen LogP contribution in [0.4, 0.5) is 0 Å². The molecule has 1 N–H and O–H groups in total. The van der Waals surface area contributed by atoms with E-state index in [2.05, 4.69) is 49.5 Å². The Morgan fingerprint density at radius 1 is 1.00 bits per heavy atom. The highest BCUT2D eigenvalue weighted by Gasteiger charge is 2.12. The molecule has 0 aliphatic carbocycles. The minimum atomic E-state index is 0.180. The lowest BCUT2D eigenvalue weighted by molar-refractivity contribution is 0.688. The van der Waals surface area contributed by atoms with Crippen molar-refractivity contribution in [3.8, 4) is 0 Å². The van der Waals surface area contributed by atoms with E-state index >= 15 is 0 Å². The summed E-state index contributed by atoms with van der Waals surface area (Å²) in [5, 5.41) is 4.14. The van der Waals surface area contributed by atoms with Crippen LogP contribution >= 0.6 is 11.6 Å². The fourth-order valence-electron chi connectivity index (χ4n) is 2.46. The van der Waals surface area contributed by atoms with E-state index in [0.29, 0.717) is 5.92 Å². The fourth-order valence-corrected chi connectivity index (χ4v) is 2.66. The van der Waals surface area contributed by atoms with Crippen molar-refractivity contribution in [1.82, 2.24) is 5.32 Å². The molecule has 0 aromatic heterocycles. The number of halogens is 1. The Hall–Kier alpha value is -1.31. The first-order valence-electron chi connectivity index (χ1n) is 7.18. The van der Waals surface area contributed by atoms with Crippen molar-refractivity contribution in [2.75, 3.05) is 7.05 Å². The van der Waals surface area contributed by atoms with Gasteiger partial charge in [-0.3, -0.25) is 0 Å². The van der Waals surface area contributed by atoms with E-state index in [1.165, 1.54) is 23.1 Å². The van der Waals surface area contributed by atoms with Crippen molar-refractivity contribution >= 4 is 11.6 Å².